The van der Waals surface area contributed by atoms with E-state index in [9.17, 15) is 4.79 Å². The lowest BCUT2D eigenvalue weighted by atomic mass is 10.2. The van der Waals surface area contributed by atoms with Crippen LogP contribution in [-0.2, 0) is 6.54 Å². The van der Waals surface area contributed by atoms with Crippen LogP contribution in [0.2, 0.25) is 0 Å². The molecule has 1 aliphatic carbocycles. The summed E-state index contributed by atoms with van der Waals surface area (Å²) >= 11 is 0. The summed E-state index contributed by atoms with van der Waals surface area (Å²) in [7, 11) is 0. The van der Waals surface area contributed by atoms with Crippen molar-refractivity contribution in [2.75, 3.05) is 23.3 Å². The van der Waals surface area contributed by atoms with E-state index < -0.39 is 0 Å². The van der Waals surface area contributed by atoms with Crippen LogP contribution in [0.15, 0.2) is 34.9 Å². The summed E-state index contributed by atoms with van der Waals surface area (Å²) in [5.74, 6) is 1.82. The Bertz CT molecular complexity index is 762. The van der Waals surface area contributed by atoms with Gasteiger partial charge in [-0.05, 0) is 56.9 Å². The van der Waals surface area contributed by atoms with Crippen molar-refractivity contribution in [3.05, 3.63) is 42.0 Å². The normalized spacial score (nSPS) is 17.4. The first-order chi connectivity index (χ1) is 13.2. The zero-order chi connectivity index (χ0) is 18.6. The van der Waals surface area contributed by atoms with Gasteiger partial charge in [-0.1, -0.05) is 12.8 Å². The van der Waals surface area contributed by atoms with Crippen molar-refractivity contribution >= 4 is 17.5 Å². The fourth-order valence-electron chi connectivity index (χ4n) is 4.14. The van der Waals surface area contributed by atoms with Crippen molar-refractivity contribution in [2.45, 2.75) is 58.0 Å². The van der Waals surface area contributed by atoms with E-state index in [-0.39, 0.29) is 12.1 Å². The molecule has 1 aliphatic heterocycles. The van der Waals surface area contributed by atoms with Crippen LogP contribution in [0.3, 0.4) is 0 Å². The molecule has 0 spiro atoms. The van der Waals surface area contributed by atoms with E-state index >= 15 is 0 Å². The summed E-state index contributed by atoms with van der Waals surface area (Å²) in [6.07, 6.45) is 8.57. The Balaban J connectivity index is 1.48. The molecule has 0 radical (unpaired) electrons. The first kappa shape index (κ1) is 17.9. The predicted molar refractivity (Wildman–Crippen MR) is 106 cm³/mol. The average Bonchev–Trinajstić information content (AvgIpc) is 3.43. The minimum Gasteiger partial charge on any atom is -0.467 e. The summed E-state index contributed by atoms with van der Waals surface area (Å²) in [4.78, 5) is 22.0. The lowest BCUT2D eigenvalue weighted by molar-refractivity contribution is 0.178. The Hall–Kier alpha value is -2.50. The monoisotopic (exact) mass is 368 g/mol. The lowest BCUT2D eigenvalue weighted by Crippen LogP contribution is -2.41. The van der Waals surface area contributed by atoms with Gasteiger partial charge in [0.25, 0.3) is 0 Å². The topological polar surface area (TPSA) is 61.6 Å². The number of pyridine rings is 1. The molecular formula is C21H28N4O2. The number of urea groups is 1. The summed E-state index contributed by atoms with van der Waals surface area (Å²) in [6.45, 7) is 4.59. The van der Waals surface area contributed by atoms with Crippen molar-refractivity contribution < 1.29 is 9.21 Å². The smallest absolute Gasteiger partial charge is 0.322 e. The van der Waals surface area contributed by atoms with Crippen LogP contribution < -0.4 is 10.2 Å². The molecule has 4 rings (SSSR count). The summed E-state index contributed by atoms with van der Waals surface area (Å²) in [5, 5.41) is 3.08. The van der Waals surface area contributed by atoms with Crippen molar-refractivity contribution in [3.63, 3.8) is 0 Å². The highest BCUT2D eigenvalue weighted by Gasteiger charge is 2.28. The van der Waals surface area contributed by atoms with Crippen LogP contribution >= 0.6 is 0 Å². The minimum atomic E-state index is -0.0721. The van der Waals surface area contributed by atoms with Gasteiger partial charge in [-0.2, -0.15) is 0 Å². The fraction of sp³-hybridized carbons (Fsp3) is 0.524. The largest absolute Gasteiger partial charge is 0.467 e. The second kappa shape index (κ2) is 8.03. The quantitative estimate of drug-likeness (QED) is 0.840. The zero-order valence-electron chi connectivity index (χ0n) is 16.0. The van der Waals surface area contributed by atoms with Gasteiger partial charge in [0.15, 0.2) is 0 Å². The molecule has 6 heteroatoms. The molecule has 2 fully saturated rings. The number of anilines is 2. The van der Waals surface area contributed by atoms with Crippen LogP contribution in [0.1, 0.15) is 50.0 Å². The molecule has 0 aromatic carbocycles. The van der Waals surface area contributed by atoms with Gasteiger partial charge < -0.3 is 19.5 Å². The van der Waals surface area contributed by atoms with Crippen LogP contribution in [0.5, 0.6) is 0 Å². The molecule has 2 aromatic rings. The van der Waals surface area contributed by atoms with E-state index in [1.54, 1.807) is 6.26 Å². The molecule has 144 valence electrons. The third-order valence-corrected chi connectivity index (χ3v) is 5.68. The number of carbonyl (C=O) groups excluding carboxylic acids is 1. The van der Waals surface area contributed by atoms with Gasteiger partial charge in [-0.3, -0.25) is 0 Å². The van der Waals surface area contributed by atoms with Gasteiger partial charge >= 0.3 is 6.03 Å². The zero-order valence-corrected chi connectivity index (χ0v) is 16.0. The van der Waals surface area contributed by atoms with Crippen molar-refractivity contribution in [1.82, 2.24) is 9.88 Å². The maximum Gasteiger partial charge on any atom is 0.322 e. The molecular weight excluding hydrogens is 340 g/mol. The van der Waals surface area contributed by atoms with E-state index in [0.717, 1.165) is 48.9 Å². The van der Waals surface area contributed by atoms with E-state index in [4.69, 9.17) is 9.40 Å². The maximum absolute atomic E-state index is 13.1. The molecule has 0 atom stereocenters. The Morgan fingerprint density at radius 3 is 2.67 bits per heavy atom. The Morgan fingerprint density at radius 1 is 1.22 bits per heavy atom. The van der Waals surface area contributed by atoms with Gasteiger partial charge in [-0.15, -0.1) is 0 Å². The number of furan rings is 1. The number of nitrogens with zero attached hydrogens (tertiary/aromatic N) is 3. The van der Waals surface area contributed by atoms with E-state index in [2.05, 4.69) is 10.2 Å². The Morgan fingerprint density at radius 2 is 2.00 bits per heavy atom. The third kappa shape index (κ3) is 4.10. The molecule has 0 bridgehead atoms. The molecule has 1 saturated carbocycles. The van der Waals surface area contributed by atoms with Crippen LogP contribution in [0.25, 0.3) is 0 Å². The number of rotatable bonds is 5. The first-order valence-corrected chi connectivity index (χ1v) is 10.0. The van der Waals surface area contributed by atoms with Gasteiger partial charge in [-0.25, -0.2) is 9.78 Å². The highest BCUT2D eigenvalue weighted by atomic mass is 16.3. The minimum absolute atomic E-state index is 0.0721. The highest BCUT2D eigenvalue weighted by Crippen LogP contribution is 2.27. The number of carbonyl (C=O) groups is 1. The number of amides is 2. The number of aryl methyl sites for hydroxylation is 1. The Labute approximate surface area is 160 Å². The molecule has 6 nitrogen and oxygen atoms in total. The molecule has 3 heterocycles. The maximum atomic E-state index is 13.1. The summed E-state index contributed by atoms with van der Waals surface area (Å²) in [5.41, 5.74) is 1.64. The van der Waals surface area contributed by atoms with Crippen molar-refractivity contribution in [3.8, 4) is 0 Å². The van der Waals surface area contributed by atoms with Crippen LogP contribution in [0.4, 0.5) is 16.3 Å². The second-order valence-electron chi connectivity index (χ2n) is 7.57. The molecule has 2 aromatic heterocycles. The number of aromatic nitrogens is 1. The number of hydrogen-bond acceptors (Lipinski definition) is 4. The Kier molecular flexibility index (Phi) is 5.32. The average molecular weight is 368 g/mol. The van der Waals surface area contributed by atoms with E-state index in [1.807, 2.05) is 36.1 Å². The van der Waals surface area contributed by atoms with Gasteiger partial charge in [0.1, 0.15) is 11.6 Å². The lowest BCUT2D eigenvalue weighted by Gasteiger charge is -2.28. The highest BCUT2D eigenvalue weighted by molar-refractivity contribution is 5.90. The molecule has 2 aliphatic rings. The van der Waals surface area contributed by atoms with Gasteiger partial charge in [0.05, 0.1) is 24.2 Å². The van der Waals surface area contributed by atoms with Crippen LogP contribution in [0, 0.1) is 6.92 Å². The molecule has 0 unspecified atom stereocenters. The number of nitrogens with one attached hydrogen (secondary N) is 1. The van der Waals surface area contributed by atoms with Gasteiger partial charge in [0, 0.05) is 19.1 Å². The fourth-order valence-corrected chi connectivity index (χ4v) is 4.14. The summed E-state index contributed by atoms with van der Waals surface area (Å²) < 4.78 is 5.48. The summed E-state index contributed by atoms with van der Waals surface area (Å²) in [6, 6.07) is 7.98. The van der Waals surface area contributed by atoms with E-state index in [0.29, 0.717) is 6.54 Å². The second-order valence-corrected chi connectivity index (χ2v) is 7.57. The third-order valence-electron chi connectivity index (χ3n) is 5.68. The molecule has 1 N–H and O–H groups in total. The van der Waals surface area contributed by atoms with Crippen LogP contribution in [-0.4, -0.2) is 35.0 Å². The molecule has 1 saturated heterocycles. The SMILES string of the molecule is Cc1nc(N2CCCC2)ccc1NC(=O)N(Cc1ccco1)C1CCCC1. The predicted octanol–water partition coefficient (Wildman–Crippen LogP) is 4.56. The number of hydrogen-bond donors (Lipinski definition) is 1. The van der Waals surface area contributed by atoms with Crippen molar-refractivity contribution in [1.29, 1.82) is 0 Å². The van der Waals surface area contributed by atoms with E-state index in [1.165, 1.54) is 25.7 Å². The first-order valence-electron chi connectivity index (χ1n) is 10.0. The van der Waals surface area contributed by atoms with Gasteiger partial charge in [0.2, 0.25) is 0 Å². The van der Waals surface area contributed by atoms with Crippen molar-refractivity contribution in [2.24, 2.45) is 0 Å². The molecule has 2 amide bonds. The molecule has 27 heavy (non-hydrogen) atoms. The standard InChI is InChI=1S/C21H28N4O2/c1-16-19(10-11-20(22-16)24-12-4-5-13-24)23-21(26)25(17-7-2-3-8-17)15-18-9-6-14-27-18/h6,9-11,14,17H,2-5,7-8,12-13,15H2,1H3,(H,23,26).